The Morgan fingerprint density at radius 1 is 1.16 bits per heavy atom. The molecule has 2 rings (SSSR count). The van der Waals surface area contributed by atoms with E-state index in [2.05, 4.69) is 5.32 Å². The molecule has 4 nitrogen and oxygen atoms in total. The number of ether oxygens (including phenoxy) is 1. The summed E-state index contributed by atoms with van der Waals surface area (Å²) >= 11 is 5.64. The lowest BCUT2D eigenvalue weighted by molar-refractivity contribution is -0.129. The average molecular weight is 364 g/mol. The van der Waals surface area contributed by atoms with Crippen molar-refractivity contribution in [1.82, 2.24) is 5.32 Å². The van der Waals surface area contributed by atoms with Crippen LogP contribution in [-0.4, -0.2) is 24.5 Å². The van der Waals surface area contributed by atoms with Crippen molar-refractivity contribution in [1.29, 1.82) is 0 Å². The van der Waals surface area contributed by atoms with Crippen molar-refractivity contribution in [2.45, 2.75) is 25.9 Å². The molecule has 0 heterocycles. The maximum absolute atomic E-state index is 13.7. The highest BCUT2D eigenvalue weighted by Crippen LogP contribution is 2.16. The maximum Gasteiger partial charge on any atom is 0.341 e. The Morgan fingerprint density at radius 2 is 1.84 bits per heavy atom. The highest BCUT2D eigenvalue weighted by molar-refractivity contribution is 6.30. The molecule has 25 heavy (non-hydrogen) atoms. The number of rotatable bonds is 6. The highest BCUT2D eigenvalue weighted by atomic mass is 35.5. The number of hydrogen-bond acceptors (Lipinski definition) is 3. The maximum atomic E-state index is 13.7. The smallest absolute Gasteiger partial charge is 0.341 e. The number of halogens is 2. The zero-order valence-corrected chi connectivity index (χ0v) is 14.7. The molecule has 0 spiro atoms. The summed E-state index contributed by atoms with van der Waals surface area (Å²) < 4.78 is 18.7. The lowest BCUT2D eigenvalue weighted by Crippen LogP contribution is -2.37. The lowest BCUT2D eigenvalue weighted by atomic mass is 10.0. The van der Waals surface area contributed by atoms with Crippen LogP contribution in [0.3, 0.4) is 0 Å². The van der Waals surface area contributed by atoms with Crippen LogP contribution in [0.2, 0.25) is 5.02 Å². The normalized spacial score (nSPS) is 13.0. The van der Waals surface area contributed by atoms with E-state index in [0.717, 1.165) is 11.6 Å². The molecular weight excluding hydrogens is 345 g/mol. The summed E-state index contributed by atoms with van der Waals surface area (Å²) in [7, 11) is 0. The van der Waals surface area contributed by atoms with Gasteiger partial charge in [0, 0.05) is 11.6 Å². The van der Waals surface area contributed by atoms with E-state index in [0.29, 0.717) is 6.54 Å². The van der Waals surface area contributed by atoms with Gasteiger partial charge in [-0.15, -0.1) is 0 Å². The van der Waals surface area contributed by atoms with Gasteiger partial charge in [-0.25, -0.2) is 9.18 Å². The third kappa shape index (κ3) is 5.29. The molecule has 1 N–H and O–H groups in total. The molecule has 0 radical (unpaired) electrons. The van der Waals surface area contributed by atoms with E-state index in [9.17, 15) is 14.0 Å². The van der Waals surface area contributed by atoms with Crippen LogP contribution in [0.15, 0.2) is 48.5 Å². The van der Waals surface area contributed by atoms with Crippen LogP contribution in [0.5, 0.6) is 0 Å². The fourth-order valence-corrected chi connectivity index (χ4v) is 2.39. The van der Waals surface area contributed by atoms with Crippen molar-refractivity contribution in [3.63, 3.8) is 0 Å². The van der Waals surface area contributed by atoms with Gasteiger partial charge < -0.3 is 10.1 Å². The van der Waals surface area contributed by atoms with Gasteiger partial charge in [-0.1, -0.05) is 48.9 Å². The fourth-order valence-electron chi connectivity index (χ4n) is 2.23. The van der Waals surface area contributed by atoms with Crippen molar-refractivity contribution < 1.29 is 18.7 Å². The fraction of sp³-hybridized carbons (Fsp3) is 0.263. The van der Waals surface area contributed by atoms with Gasteiger partial charge in [-0.2, -0.15) is 0 Å². The number of amides is 1. The van der Waals surface area contributed by atoms with Crippen LogP contribution in [0.25, 0.3) is 0 Å². The second kappa shape index (κ2) is 8.62. The standard InChI is InChI=1S/C19H19ClFNO3/c1-12(14-6-4-3-5-7-14)11-22-18(23)13(2)25-19(24)16-9-8-15(20)10-17(16)21/h3-10,12-13H,11H2,1-2H3,(H,22,23)/t12-,13+/m1/s1. The minimum Gasteiger partial charge on any atom is -0.449 e. The number of nitrogens with one attached hydrogen (secondary N) is 1. The SMILES string of the molecule is C[C@H](OC(=O)c1ccc(Cl)cc1F)C(=O)NC[C@@H](C)c1ccccc1. The van der Waals surface area contributed by atoms with Crippen molar-refractivity contribution in [2.24, 2.45) is 0 Å². The molecule has 1 amide bonds. The predicted molar refractivity (Wildman–Crippen MR) is 94.2 cm³/mol. The second-order valence-electron chi connectivity index (χ2n) is 5.73. The molecule has 2 atom stereocenters. The highest BCUT2D eigenvalue weighted by Gasteiger charge is 2.21. The van der Waals surface area contributed by atoms with Crippen molar-refractivity contribution in [3.8, 4) is 0 Å². The van der Waals surface area contributed by atoms with Gasteiger partial charge in [0.05, 0.1) is 5.56 Å². The Kier molecular flexibility index (Phi) is 6.53. The average Bonchev–Trinajstić information content (AvgIpc) is 2.59. The van der Waals surface area contributed by atoms with Crippen molar-refractivity contribution in [3.05, 3.63) is 70.5 Å². The van der Waals surface area contributed by atoms with Gasteiger partial charge in [0.1, 0.15) is 5.82 Å². The summed E-state index contributed by atoms with van der Waals surface area (Å²) in [5.74, 6) is -2.03. The molecule has 0 unspecified atom stereocenters. The van der Waals surface area contributed by atoms with Crippen molar-refractivity contribution in [2.75, 3.05) is 6.54 Å². The van der Waals surface area contributed by atoms with Crippen molar-refractivity contribution >= 4 is 23.5 Å². The third-order valence-electron chi connectivity index (χ3n) is 3.76. The Bertz CT molecular complexity index is 752. The quantitative estimate of drug-likeness (QED) is 0.791. The first-order valence-corrected chi connectivity index (χ1v) is 8.25. The Labute approximate surface area is 150 Å². The molecule has 0 aliphatic heterocycles. The van der Waals surface area contributed by atoms with Gasteiger partial charge in [0.25, 0.3) is 5.91 Å². The topological polar surface area (TPSA) is 55.4 Å². The van der Waals surface area contributed by atoms with Crippen LogP contribution in [-0.2, 0) is 9.53 Å². The minimum absolute atomic E-state index is 0.113. The van der Waals surface area contributed by atoms with Gasteiger partial charge in [-0.05, 0) is 36.6 Å². The Balaban J connectivity index is 1.88. The Hall–Kier alpha value is -2.40. The molecular formula is C19H19ClFNO3. The molecule has 2 aromatic carbocycles. The number of carbonyl (C=O) groups excluding carboxylic acids is 2. The monoisotopic (exact) mass is 363 g/mol. The van der Waals surface area contributed by atoms with Crippen LogP contribution in [0.1, 0.15) is 35.7 Å². The zero-order valence-electron chi connectivity index (χ0n) is 14.0. The molecule has 0 aromatic heterocycles. The van der Waals surface area contributed by atoms with Gasteiger partial charge >= 0.3 is 5.97 Å². The number of hydrogen-bond donors (Lipinski definition) is 1. The lowest BCUT2D eigenvalue weighted by Gasteiger charge is -2.17. The molecule has 0 aliphatic rings. The van der Waals surface area contributed by atoms with Crippen LogP contribution in [0, 0.1) is 5.82 Å². The van der Waals surface area contributed by atoms with Crippen LogP contribution in [0.4, 0.5) is 4.39 Å². The number of esters is 1. The van der Waals surface area contributed by atoms with Crippen LogP contribution >= 0.6 is 11.6 Å². The first kappa shape index (κ1) is 18.9. The number of benzene rings is 2. The molecule has 0 saturated heterocycles. The van der Waals surface area contributed by atoms with E-state index in [-0.39, 0.29) is 16.5 Å². The molecule has 0 saturated carbocycles. The summed E-state index contributed by atoms with van der Waals surface area (Å²) in [4.78, 5) is 24.0. The molecule has 0 bridgehead atoms. The summed E-state index contributed by atoms with van der Waals surface area (Å²) in [6.07, 6.45) is -1.04. The first-order valence-electron chi connectivity index (χ1n) is 7.87. The summed E-state index contributed by atoms with van der Waals surface area (Å²) in [5.41, 5.74) is 0.831. The molecule has 0 fully saturated rings. The number of carbonyl (C=O) groups is 2. The zero-order chi connectivity index (χ0) is 18.4. The molecule has 2 aromatic rings. The van der Waals surface area contributed by atoms with E-state index in [1.807, 2.05) is 37.3 Å². The largest absolute Gasteiger partial charge is 0.449 e. The third-order valence-corrected chi connectivity index (χ3v) is 3.99. The van der Waals surface area contributed by atoms with E-state index in [1.54, 1.807) is 0 Å². The molecule has 0 aliphatic carbocycles. The Morgan fingerprint density at radius 3 is 2.48 bits per heavy atom. The minimum atomic E-state index is -1.04. The summed E-state index contributed by atoms with van der Waals surface area (Å²) in [5, 5.41) is 2.91. The molecule has 6 heteroatoms. The van der Waals surface area contributed by atoms with E-state index in [4.69, 9.17) is 16.3 Å². The second-order valence-corrected chi connectivity index (χ2v) is 6.17. The van der Waals surface area contributed by atoms with Gasteiger partial charge in [0.15, 0.2) is 6.10 Å². The summed E-state index contributed by atoms with van der Waals surface area (Å²) in [6.45, 7) is 3.82. The van der Waals surface area contributed by atoms with Crippen LogP contribution < -0.4 is 5.32 Å². The first-order chi connectivity index (χ1) is 11.9. The van der Waals surface area contributed by atoms with E-state index < -0.39 is 23.8 Å². The van der Waals surface area contributed by atoms with Gasteiger partial charge in [0.2, 0.25) is 0 Å². The van der Waals surface area contributed by atoms with E-state index >= 15 is 0 Å². The van der Waals surface area contributed by atoms with E-state index in [1.165, 1.54) is 19.1 Å². The predicted octanol–water partition coefficient (Wildman–Crippen LogP) is 3.94. The molecule has 132 valence electrons. The summed E-state index contributed by atoms with van der Waals surface area (Å²) in [6, 6.07) is 13.4. The van der Waals surface area contributed by atoms with Gasteiger partial charge in [-0.3, -0.25) is 4.79 Å².